The summed E-state index contributed by atoms with van der Waals surface area (Å²) >= 11 is 0. The Bertz CT molecular complexity index is 9550. The zero-order valence-electron chi connectivity index (χ0n) is 74.6. The summed E-state index contributed by atoms with van der Waals surface area (Å²) in [4.78, 5) is 0. The number of hydrogen-bond acceptors (Lipinski definition) is 0. The standard InChI is InChI=1S/C132H86N2/c1-131(2)123-44-19-16-37-110(123)113-42-23-40-95(129(113)131)91-67-90(89-55-63-105-99-31-9-8-29-97(99)98-30-10-11-32-100(98)119(105)75-89)68-92(69-91)96-41-24-43-114-120-76-87(56-64-124(120)132(3,4)130(96)114)85-53-61-109-107-60-52-84(72-116(107)103-35-14-15-36-104(103)117(109)73-85)81-25-22-28-94(70-81)134-126-46-21-18-39-112(126)122-78-88(58-66-128(122)134)86-54-62-108-106-59-51-82(71-115(106)101-33-12-13-34-102(101)118(108)74-86)79-47-49-80(50-48-79)83-57-65-127-121(77-83)111-38-17-20-45-125(111)133(127)93-26-6-5-7-27-93/h5-78H,1-4H3. The lowest BCUT2D eigenvalue weighted by atomic mass is 9.77. The summed E-state index contributed by atoms with van der Waals surface area (Å²) in [5.74, 6) is 0. The van der Waals surface area contributed by atoms with Crippen LogP contribution in [0.2, 0.25) is 0 Å². The molecular formula is C132H86N2. The lowest BCUT2D eigenvalue weighted by Crippen LogP contribution is -2.16. The molecule has 0 aliphatic heterocycles. The minimum Gasteiger partial charge on any atom is -0.309 e. The first-order chi connectivity index (χ1) is 65.9. The van der Waals surface area contributed by atoms with Gasteiger partial charge in [0.1, 0.15) is 0 Å². The van der Waals surface area contributed by atoms with Crippen LogP contribution in [0.5, 0.6) is 0 Å². The van der Waals surface area contributed by atoms with Crippen molar-refractivity contribution in [2.24, 2.45) is 0 Å². The minimum atomic E-state index is -0.306. The van der Waals surface area contributed by atoms with E-state index in [1.807, 2.05) is 0 Å². The van der Waals surface area contributed by atoms with Crippen molar-refractivity contribution >= 4 is 141 Å². The van der Waals surface area contributed by atoms with Gasteiger partial charge in [-0.15, -0.1) is 0 Å². The van der Waals surface area contributed by atoms with E-state index >= 15 is 0 Å². The third-order valence-corrected chi connectivity index (χ3v) is 30.6. The Morgan fingerprint density at radius 3 is 0.851 bits per heavy atom. The molecule has 28 rings (SSSR count). The number of benzene rings is 24. The fraction of sp³-hybridized carbons (Fsp3) is 0.0455. The van der Waals surface area contributed by atoms with Gasteiger partial charge in [0, 0.05) is 43.7 Å². The highest BCUT2D eigenvalue weighted by molar-refractivity contribution is 6.29. The lowest BCUT2D eigenvalue weighted by molar-refractivity contribution is 0.662. The smallest absolute Gasteiger partial charge is 0.0541 e. The van der Waals surface area contributed by atoms with Crippen LogP contribution in [0.4, 0.5) is 0 Å². The maximum Gasteiger partial charge on any atom is 0.0541 e. The van der Waals surface area contributed by atoms with E-state index in [-0.39, 0.29) is 10.8 Å². The topological polar surface area (TPSA) is 9.86 Å². The van der Waals surface area contributed by atoms with Crippen molar-refractivity contribution in [1.82, 2.24) is 9.13 Å². The number of para-hydroxylation sites is 3. The predicted molar refractivity (Wildman–Crippen MR) is 571 cm³/mol. The van der Waals surface area contributed by atoms with E-state index in [1.54, 1.807) is 0 Å². The van der Waals surface area contributed by atoms with Gasteiger partial charge in [-0.25, -0.2) is 0 Å². The fourth-order valence-corrected chi connectivity index (χ4v) is 24.3. The highest BCUT2D eigenvalue weighted by Gasteiger charge is 2.40. The first-order valence-corrected chi connectivity index (χ1v) is 47.1. The highest BCUT2D eigenvalue weighted by Crippen LogP contribution is 2.57. The largest absolute Gasteiger partial charge is 0.309 e. The Hall–Kier alpha value is -16.8. The normalized spacial score (nSPS) is 13.2. The molecule has 624 valence electrons. The van der Waals surface area contributed by atoms with Crippen LogP contribution >= 0.6 is 0 Å². The molecule has 0 unspecified atom stereocenters. The van der Waals surface area contributed by atoms with Crippen LogP contribution in [0.25, 0.3) is 263 Å². The van der Waals surface area contributed by atoms with Crippen molar-refractivity contribution in [2.75, 3.05) is 0 Å². The van der Waals surface area contributed by atoms with E-state index in [2.05, 4.69) is 486 Å². The Labute approximate surface area is 776 Å². The molecule has 0 N–H and O–H groups in total. The zero-order chi connectivity index (χ0) is 88.5. The van der Waals surface area contributed by atoms with E-state index < -0.39 is 0 Å². The molecule has 134 heavy (non-hydrogen) atoms. The highest BCUT2D eigenvalue weighted by atomic mass is 15.0. The van der Waals surface area contributed by atoms with Crippen molar-refractivity contribution in [3.63, 3.8) is 0 Å². The summed E-state index contributed by atoms with van der Waals surface area (Å²) in [7, 11) is 0. The van der Waals surface area contributed by atoms with E-state index in [1.165, 1.54) is 280 Å². The summed E-state index contributed by atoms with van der Waals surface area (Å²) in [5.41, 5.74) is 36.7. The Kier molecular flexibility index (Phi) is 16.4. The van der Waals surface area contributed by atoms with Gasteiger partial charge in [0.25, 0.3) is 0 Å². The number of rotatable bonds is 10. The number of hydrogen-bond donors (Lipinski definition) is 0. The Morgan fingerprint density at radius 2 is 0.403 bits per heavy atom. The first kappa shape index (κ1) is 76.1. The fourth-order valence-electron chi connectivity index (χ4n) is 24.3. The molecule has 2 aliphatic rings. The number of fused-ring (bicyclic) bond motifs is 30. The lowest BCUT2D eigenvalue weighted by Gasteiger charge is -2.26. The maximum absolute atomic E-state index is 2.50. The summed E-state index contributed by atoms with van der Waals surface area (Å²) in [5, 5.41) is 27.7. The molecule has 26 aromatic rings. The second-order valence-electron chi connectivity index (χ2n) is 38.4. The average molecular weight is 1700 g/mol. The molecule has 2 nitrogen and oxygen atoms in total. The molecule has 0 saturated heterocycles. The van der Waals surface area contributed by atoms with E-state index in [0.29, 0.717) is 0 Å². The molecule has 0 amide bonds. The molecule has 2 aromatic heterocycles. The molecule has 0 atom stereocenters. The SMILES string of the molecule is CC1(C)c2ccccc2-c2cccc(-c3cc(-c4ccc5c6ccccc6c6ccccc6c5c4)cc(-c4cccc5c4C(C)(C)c4ccc(-c6ccc7c8ccc(-c9cccc(-n%10c%11ccccc%11c%11cc(-c%12ccc%13c%14ccc(-c%15ccc(-c%16ccc%17c(c%16)c%16ccccc%16n%17-c%16ccccc%16)cc%15)cc%14c%14ccccc%14c%13c%12)ccc%11%10)c9)cc8c8ccccc8c7c6)cc4-5)c3)c21. The van der Waals surface area contributed by atoms with Crippen LogP contribution in [0.1, 0.15) is 49.9 Å². The Balaban J connectivity index is 0.492. The van der Waals surface area contributed by atoms with Gasteiger partial charge in [-0.05, 0) is 346 Å². The molecule has 2 aliphatic carbocycles. The number of nitrogens with zero attached hydrogens (tertiary/aromatic N) is 2. The van der Waals surface area contributed by atoms with E-state index in [4.69, 9.17) is 0 Å². The van der Waals surface area contributed by atoms with Gasteiger partial charge in [-0.1, -0.05) is 361 Å². The Morgan fingerprint density at radius 1 is 0.134 bits per heavy atom. The van der Waals surface area contributed by atoms with Crippen LogP contribution in [0, 0.1) is 0 Å². The third-order valence-electron chi connectivity index (χ3n) is 30.6. The maximum atomic E-state index is 2.50. The van der Waals surface area contributed by atoms with Gasteiger partial charge >= 0.3 is 0 Å². The van der Waals surface area contributed by atoms with Crippen molar-refractivity contribution in [2.45, 2.75) is 38.5 Å². The summed E-state index contributed by atoms with van der Waals surface area (Å²) in [6, 6.07) is 170. The molecule has 0 fully saturated rings. The molecule has 24 aromatic carbocycles. The summed E-state index contributed by atoms with van der Waals surface area (Å²) in [6.45, 7) is 9.72. The zero-order valence-corrected chi connectivity index (χ0v) is 74.6. The van der Waals surface area contributed by atoms with Gasteiger partial charge < -0.3 is 9.13 Å². The predicted octanol–water partition coefficient (Wildman–Crippen LogP) is 36.2. The van der Waals surface area contributed by atoms with Gasteiger partial charge in [0.15, 0.2) is 0 Å². The van der Waals surface area contributed by atoms with Crippen LogP contribution in [0.3, 0.4) is 0 Å². The van der Waals surface area contributed by atoms with Gasteiger partial charge in [0.2, 0.25) is 0 Å². The summed E-state index contributed by atoms with van der Waals surface area (Å²) < 4.78 is 4.85. The molecule has 0 bridgehead atoms. The van der Waals surface area contributed by atoms with Crippen LogP contribution in [-0.4, -0.2) is 9.13 Å². The molecule has 2 heterocycles. The molecule has 0 saturated carbocycles. The van der Waals surface area contributed by atoms with Gasteiger partial charge in [-0.3, -0.25) is 0 Å². The minimum absolute atomic E-state index is 0.201. The van der Waals surface area contributed by atoms with Crippen LogP contribution in [0.15, 0.2) is 449 Å². The monoisotopic (exact) mass is 1700 g/mol. The molecule has 2 heteroatoms. The van der Waals surface area contributed by atoms with Crippen molar-refractivity contribution in [1.29, 1.82) is 0 Å². The third kappa shape index (κ3) is 11.3. The molecule has 0 radical (unpaired) electrons. The molecular weight excluding hydrogens is 1610 g/mol. The van der Waals surface area contributed by atoms with Crippen LogP contribution in [-0.2, 0) is 10.8 Å². The summed E-state index contributed by atoms with van der Waals surface area (Å²) in [6.07, 6.45) is 0. The second kappa shape index (κ2) is 28.9. The average Bonchev–Trinajstić information content (AvgIpc) is 1.56. The number of aromatic nitrogens is 2. The molecule has 0 spiro atoms. The van der Waals surface area contributed by atoms with Gasteiger partial charge in [-0.2, -0.15) is 0 Å². The first-order valence-electron chi connectivity index (χ1n) is 47.1. The van der Waals surface area contributed by atoms with Crippen molar-refractivity contribution in [3.05, 3.63) is 471 Å². The van der Waals surface area contributed by atoms with Gasteiger partial charge in [0.05, 0.1) is 22.1 Å². The van der Waals surface area contributed by atoms with E-state index in [0.717, 1.165) is 5.69 Å². The van der Waals surface area contributed by atoms with Crippen molar-refractivity contribution in [3.8, 4) is 123 Å². The van der Waals surface area contributed by atoms with E-state index in [9.17, 15) is 0 Å². The van der Waals surface area contributed by atoms with Crippen molar-refractivity contribution < 1.29 is 0 Å². The van der Waals surface area contributed by atoms with Crippen LogP contribution < -0.4 is 0 Å². The second-order valence-corrected chi connectivity index (χ2v) is 38.4. The quantitative estimate of drug-likeness (QED) is 0.121.